The number of fused-ring (bicyclic) bond motifs is 1. The average Bonchev–Trinajstić information content (AvgIpc) is 2.93. The van der Waals surface area contributed by atoms with Crippen molar-refractivity contribution in [2.75, 3.05) is 11.9 Å². The van der Waals surface area contributed by atoms with E-state index < -0.39 is 18.7 Å². The maximum atomic E-state index is 12.2. The maximum Gasteiger partial charge on any atom is 0.422 e. The van der Waals surface area contributed by atoms with Crippen LogP contribution in [0.15, 0.2) is 36.5 Å². The van der Waals surface area contributed by atoms with E-state index >= 15 is 0 Å². The number of halogens is 4. The highest BCUT2D eigenvalue weighted by Crippen LogP contribution is 2.30. The molecule has 1 N–H and O–H groups in total. The molecule has 5 nitrogen and oxygen atoms in total. The van der Waals surface area contributed by atoms with Crippen LogP contribution in [-0.2, 0) is 0 Å². The molecule has 0 bridgehead atoms. The lowest BCUT2D eigenvalue weighted by Gasteiger charge is -2.08. The smallest absolute Gasteiger partial charge is 0.422 e. The van der Waals surface area contributed by atoms with Gasteiger partial charge in [-0.3, -0.25) is 10.1 Å². The lowest BCUT2D eigenvalue weighted by molar-refractivity contribution is -0.153. The fourth-order valence-corrected chi connectivity index (χ4v) is 2.99. The fourth-order valence-electron chi connectivity index (χ4n) is 1.93. The first kappa shape index (κ1) is 17.4. The number of rotatable bonds is 4. The van der Waals surface area contributed by atoms with Crippen LogP contribution in [0.25, 0.3) is 10.2 Å². The molecule has 0 aliphatic carbocycles. The molecule has 0 saturated carbocycles. The number of alkyl halides is 3. The van der Waals surface area contributed by atoms with Gasteiger partial charge in [0.15, 0.2) is 11.7 Å². The van der Waals surface area contributed by atoms with Crippen molar-refractivity contribution in [1.82, 2.24) is 9.97 Å². The highest BCUT2D eigenvalue weighted by molar-refractivity contribution is 7.22. The SMILES string of the molecule is O=C(Nc1nc2ccc(OCC(F)(F)F)cc2s1)c1ccnc(Cl)c1. The van der Waals surface area contributed by atoms with Crippen molar-refractivity contribution in [3.63, 3.8) is 0 Å². The molecule has 0 radical (unpaired) electrons. The zero-order valence-corrected chi connectivity index (χ0v) is 13.9. The number of nitrogens with one attached hydrogen (secondary N) is 1. The molecule has 0 fully saturated rings. The molecule has 3 rings (SSSR count). The lowest BCUT2D eigenvalue weighted by Crippen LogP contribution is -2.19. The summed E-state index contributed by atoms with van der Waals surface area (Å²) in [5.41, 5.74) is 0.848. The van der Waals surface area contributed by atoms with Gasteiger partial charge in [-0.2, -0.15) is 13.2 Å². The molecule has 3 aromatic rings. The fraction of sp³-hybridized carbons (Fsp3) is 0.133. The van der Waals surface area contributed by atoms with Crippen LogP contribution in [0.5, 0.6) is 5.75 Å². The molecule has 2 heterocycles. The molecule has 2 aromatic heterocycles. The Kier molecular flexibility index (Phi) is 4.78. The average molecular weight is 388 g/mol. The van der Waals surface area contributed by atoms with E-state index in [1.165, 1.54) is 36.5 Å². The van der Waals surface area contributed by atoms with Crippen molar-refractivity contribution in [1.29, 1.82) is 0 Å². The molecule has 130 valence electrons. The molecule has 0 atom stereocenters. The van der Waals surface area contributed by atoms with Crippen LogP contribution in [0.4, 0.5) is 18.3 Å². The minimum Gasteiger partial charge on any atom is -0.484 e. The Bertz CT molecular complexity index is 930. The largest absolute Gasteiger partial charge is 0.484 e. The molecule has 0 aliphatic rings. The number of aromatic nitrogens is 2. The van der Waals surface area contributed by atoms with Crippen LogP contribution in [0.1, 0.15) is 10.4 Å². The topological polar surface area (TPSA) is 64.1 Å². The molecular weight excluding hydrogens is 379 g/mol. The molecule has 25 heavy (non-hydrogen) atoms. The van der Waals surface area contributed by atoms with Gasteiger partial charge in [-0.05, 0) is 30.3 Å². The maximum absolute atomic E-state index is 12.2. The second kappa shape index (κ2) is 6.85. The number of hydrogen-bond donors (Lipinski definition) is 1. The van der Waals surface area contributed by atoms with Gasteiger partial charge in [0.2, 0.25) is 0 Å². The summed E-state index contributed by atoms with van der Waals surface area (Å²) in [6.07, 6.45) is -3.01. The van der Waals surface area contributed by atoms with Crippen LogP contribution in [0, 0.1) is 0 Å². The first-order chi connectivity index (χ1) is 11.8. The van der Waals surface area contributed by atoms with Gasteiger partial charge in [0, 0.05) is 11.8 Å². The van der Waals surface area contributed by atoms with E-state index in [0.717, 1.165) is 11.3 Å². The first-order valence-corrected chi connectivity index (χ1v) is 8.03. The van der Waals surface area contributed by atoms with Gasteiger partial charge in [-0.1, -0.05) is 22.9 Å². The molecule has 0 saturated heterocycles. The lowest BCUT2D eigenvalue weighted by atomic mass is 10.2. The summed E-state index contributed by atoms with van der Waals surface area (Å²) in [5.74, 6) is -0.343. The van der Waals surface area contributed by atoms with E-state index in [9.17, 15) is 18.0 Å². The molecule has 10 heteroatoms. The highest BCUT2D eigenvalue weighted by atomic mass is 35.5. The second-order valence-corrected chi connectivity index (χ2v) is 6.29. The number of amides is 1. The van der Waals surface area contributed by atoms with Crippen molar-refractivity contribution in [2.45, 2.75) is 6.18 Å². The summed E-state index contributed by atoms with van der Waals surface area (Å²) >= 11 is 6.86. The van der Waals surface area contributed by atoms with E-state index in [0.29, 0.717) is 20.9 Å². The summed E-state index contributed by atoms with van der Waals surface area (Å²) in [4.78, 5) is 20.1. The van der Waals surface area contributed by atoms with E-state index in [4.69, 9.17) is 16.3 Å². The number of hydrogen-bond acceptors (Lipinski definition) is 5. The predicted octanol–water partition coefficient (Wildman–Crippen LogP) is 4.54. The summed E-state index contributed by atoms with van der Waals surface area (Å²) in [6.45, 7) is -1.37. The Hall–Kier alpha value is -2.39. The number of nitrogens with zero attached hydrogens (tertiary/aromatic N) is 2. The highest BCUT2D eigenvalue weighted by Gasteiger charge is 2.28. The van der Waals surface area contributed by atoms with Gasteiger partial charge in [0.05, 0.1) is 10.2 Å². The first-order valence-electron chi connectivity index (χ1n) is 6.83. The number of anilines is 1. The number of carbonyl (C=O) groups is 1. The summed E-state index contributed by atoms with van der Waals surface area (Å²) in [6, 6.07) is 7.27. The van der Waals surface area contributed by atoms with Gasteiger partial charge in [0.1, 0.15) is 10.9 Å². The van der Waals surface area contributed by atoms with Gasteiger partial charge >= 0.3 is 6.18 Å². The van der Waals surface area contributed by atoms with E-state index in [1.54, 1.807) is 0 Å². The van der Waals surface area contributed by atoms with Gasteiger partial charge < -0.3 is 4.74 Å². The molecule has 0 unspecified atom stereocenters. The molecular formula is C15H9ClF3N3O2S. The Morgan fingerprint density at radius 1 is 1.28 bits per heavy atom. The second-order valence-electron chi connectivity index (χ2n) is 4.87. The molecule has 1 amide bonds. The molecule has 0 spiro atoms. The van der Waals surface area contributed by atoms with Gasteiger partial charge in [-0.15, -0.1) is 0 Å². The Morgan fingerprint density at radius 3 is 2.80 bits per heavy atom. The van der Waals surface area contributed by atoms with E-state index in [2.05, 4.69) is 15.3 Å². The standard InChI is InChI=1S/C15H9ClF3N3O2S/c16-12-5-8(3-4-20-12)13(23)22-14-21-10-2-1-9(6-11(10)25-14)24-7-15(17,18)19/h1-6H,7H2,(H,21,22,23). The quantitative estimate of drug-likeness (QED) is 0.668. The zero-order valence-electron chi connectivity index (χ0n) is 12.3. The van der Waals surface area contributed by atoms with Gasteiger partial charge in [-0.25, -0.2) is 9.97 Å². The van der Waals surface area contributed by atoms with Gasteiger partial charge in [0.25, 0.3) is 5.91 Å². The normalized spacial score (nSPS) is 11.5. The Morgan fingerprint density at radius 2 is 2.08 bits per heavy atom. The van der Waals surface area contributed by atoms with Crippen molar-refractivity contribution >= 4 is 44.2 Å². The van der Waals surface area contributed by atoms with Crippen molar-refractivity contribution in [3.05, 3.63) is 47.2 Å². The summed E-state index contributed by atoms with van der Waals surface area (Å²) in [7, 11) is 0. The third-order valence-corrected chi connectivity index (χ3v) is 4.11. The monoisotopic (exact) mass is 387 g/mol. The minimum atomic E-state index is -4.41. The van der Waals surface area contributed by atoms with E-state index in [-0.39, 0.29) is 10.9 Å². The summed E-state index contributed by atoms with van der Waals surface area (Å²) < 4.78 is 41.9. The molecule has 1 aromatic carbocycles. The number of thiazole rings is 1. The van der Waals surface area contributed by atoms with Crippen molar-refractivity contribution in [2.24, 2.45) is 0 Å². The van der Waals surface area contributed by atoms with Crippen LogP contribution >= 0.6 is 22.9 Å². The number of ether oxygens (including phenoxy) is 1. The van der Waals surface area contributed by atoms with Crippen LogP contribution in [-0.4, -0.2) is 28.7 Å². The van der Waals surface area contributed by atoms with Crippen LogP contribution in [0.3, 0.4) is 0 Å². The van der Waals surface area contributed by atoms with E-state index in [1.807, 2.05) is 0 Å². The Labute approximate surface area is 148 Å². The Balaban J connectivity index is 1.76. The number of benzene rings is 1. The van der Waals surface area contributed by atoms with Crippen molar-refractivity contribution in [3.8, 4) is 5.75 Å². The third kappa shape index (κ3) is 4.58. The predicted molar refractivity (Wildman–Crippen MR) is 88.4 cm³/mol. The van der Waals surface area contributed by atoms with Crippen molar-refractivity contribution < 1.29 is 22.7 Å². The minimum absolute atomic E-state index is 0.0762. The van der Waals surface area contributed by atoms with Crippen LogP contribution < -0.4 is 10.1 Å². The zero-order chi connectivity index (χ0) is 18.0. The summed E-state index contributed by atoms with van der Waals surface area (Å²) in [5, 5.41) is 3.10. The number of pyridine rings is 1. The third-order valence-electron chi connectivity index (χ3n) is 2.97. The molecule has 0 aliphatic heterocycles. The number of carbonyl (C=O) groups excluding carboxylic acids is 1. The van der Waals surface area contributed by atoms with Crippen LogP contribution in [0.2, 0.25) is 5.15 Å².